The van der Waals surface area contributed by atoms with Gasteiger partial charge in [-0.05, 0) is 33.5 Å². The molecule has 2 nitrogen and oxygen atoms in total. The van der Waals surface area contributed by atoms with Crippen LogP contribution < -0.4 is 0 Å². The highest BCUT2D eigenvalue weighted by molar-refractivity contribution is 5.82. The van der Waals surface area contributed by atoms with Crippen molar-refractivity contribution in [1.29, 1.82) is 0 Å². The summed E-state index contributed by atoms with van der Waals surface area (Å²) in [7, 11) is 3.85. The summed E-state index contributed by atoms with van der Waals surface area (Å²) in [5, 5.41) is 0. The van der Waals surface area contributed by atoms with Gasteiger partial charge in [-0.15, -0.1) is 0 Å². The molecule has 0 N–H and O–H groups in total. The Balaban J connectivity index is 3.05. The van der Waals surface area contributed by atoms with E-state index in [-0.39, 0.29) is 11.8 Å². The van der Waals surface area contributed by atoms with Gasteiger partial charge in [0.2, 0.25) is 0 Å². The van der Waals surface area contributed by atoms with Gasteiger partial charge < -0.3 is 0 Å². The fraction of sp³-hybridized carbons (Fsp3) is 0.417. The Bertz CT molecular complexity index is 331. The number of ketones is 1. The van der Waals surface area contributed by atoms with Crippen molar-refractivity contribution in [2.75, 3.05) is 14.1 Å². The van der Waals surface area contributed by atoms with Gasteiger partial charge in [0.1, 0.15) is 0 Å². The van der Waals surface area contributed by atoms with Crippen molar-refractivity contribution in [3.63, 3.8) is 0 Å². The van der Waals surface area contributed by atoms with Gasteiger partial charge >= 0.3 is 0 Å². The van der Waals surface area contributed by atoms with E-state index in [9.17, 15) is 4.79 Å². The number of likely N-dealkylation sites (N-methyl/N-ethyl adjacent to an activating group) is 1. The molecule has 0 fully saturated rings. The molecule has 0 aliphatic heterocycles. The molecule has 1 aromatic carbocycles. The maximum absolute atomic E-state index is 11.5. The first-order valence-corrected chi connectivity index (χ1v) is 4.76. The number of Topliss-reactive ketones (excluding diaryl/α,β-unsaturated/α-hetero) is 1. The molecule has 0 spiro atoms. The molecule has 0 amide bonds. The summed E-state index contributed by atoms with van der Waals surface area (Å²) in [6.45, 7) is 3.67. The number of hydrogen-bond donors (Lipinski definition) is 0. The Morgan fingerprint density at radius 3 is 2.43 bits per heavy atom. The van der Waals surface area contributed by atoms with Crippen molar-refractivity contribution in [1.82, 2.24) is 4.90 Å². The third-order valence-corrected chi connectivity index (χ3v) is 2.26. The van der Waals surface area contributed by atoms with Crippen molar-refractivity contribution >= 4 is 5.78 Å². The molecule has 0 aliphatic rings. The Labute approximate surface area is 85.5 Å². The Hall–Kier alpha value is -1.15. The van der Waals surface area contributed by atoms with E-state index >= 15 is 0 Å². The molecule has 0 saturated heterocycles. The first-order valence-electron chi connectivity index (χ1n) is 4.76. The molecule has 0 aliphatic carbocycles. The fourth-order valence-corrected chi connectivity index (χ4v) is 1.74. The van der Waals surface area contributed by atoms with Crippen molar-refractivity contribution in [2.24, 2.45) is 0 Å². The molecule has 2 heteroatoms. The molecule has 0 aromatic heterocycles. The SMILES string of the molecule is CC(=O)C(c1cccc(C)c1)N(C)C. The third-order valence-electron chi connectivity index (χ3n) is 2.26. The molecule has 0 radical (unpaired) electrons. The van der Waals surface area contributed by atoms with E-state index in [0.717, 1.165) is 5.56 Å². The first-order chi connectivity index (χ1) is 6.52. The molecule has 0 bridgehead atoms. The fourth-order valence-electron chi connectivity index (χ4n) is 1.74. The van der Waals surface area contributed by atoms with Crippen LogP contribution in [0, 0.1) is 6.92 Å². The van der Waals surface area contributed by atoms with Gasteiger partial charge in [-0.3, -0.25) is 9.69 Å². The van der Waals surface area contributed by atoms with Crippen LogP contribution in [0.1, 0.15) is 24.1 Å². The highest BCUT2D eigenvalue weighted by atomic mass is 16.1. The van der Waals surface area contributed by atoms with Gasteiger partial charge in [0.25, 0.3) is 0 Å². The molecule has 0 heterocycles. The Morgan fingerprint density at radius 1 is 1.36 bits per heavy atom. The number of carbonyl (C=O) groups excluding carboxylic acids is 1. The zero-order valence-corrected chi connectivity index (χ0v) is 9.24. The Morgan fingerprint density at radius 2 is 2.00 bits per heavy atom. The van der Waals surface area contributed by atoms with Gasteiger partial charge in [-0.2, -0.15) is 0 Å². The van der Waals surface area contributed by atoms with E-state index in [0.29, 0.717) is 0 Å². The largest absolute Gasteiger partial charge is 0.298 e. The van der Waals surface area contributed by atoms with Gasteiger partial charge in [0.05, 0.1) is 6.04 Å². The van der Waals surface area contributed by atoms with E-state index < -0.39 is 0 Å². The maximum atomic E-state index is 11.5. The van der Waals surface area contributed by atoms with E-state index in [1.807, 2.05) is 44.1 Å². The molecule has 1 unspecified atom stereocenters. The molecule has 1 aromatic rings. The average Bonchev–Trinajstić information content (AvgIpc) is 2.02. The minimum atomic E-state index is -0.116. The minimum absolute atomic E-state index is 0.116. The number of aryl methyl sites for hydroxylation is 1. The van der Waals surface area contributed by atoms with Crippen molar-refractivity contribution in [2.45, 2.75) is 19.9 Å². The van der Waals surface area contributed by atoms with Crippen LogP contribution in [0.15, 0.2) is 24.3 Å². The molecule has 14 heavy (non-hydrogen) atoms. The van der Waals surface area contributed by atoms with E-state index in [2.05, 4.69) is 6.07 Å². The number of benzene rings is 1. The lowest BCUT2D eigenvalue weighted by atomic mass is 10.0. The van der Waals surface area contributed by atoms with E-state index in [4.69, 9.17) is 0 Å². The second-order valence-electron chi connectivity index (χ2n) is 3.89. The predicted octanol–water partition coefficient (Wildman–Crippen LogP) is 2.19. The van der Waals surface area contributed by atoms with Crippen LogP contribution in [0.2, 0.25) is 0 Å². The molecule has 76 valence electrons. The highest BCUT2D eigenvalue weighted by Gasteiger charge is 2.18. The molecule has 0 saturated carbocycles. The average molecular weight is 191 g/mol. The summed E-state index contributed by atoms with van der Waals surface area (Å²) in [6, 6.07) is 7.97. The molecular formula is C12H17NO. The normalized spacial score (nSPS) is 12.9. The van der Waals surface area contributed by atoms with E-state index in [1.54, 1.807) is 6.92 Å². The summed E-state index contributed by atoms with van der Waals surface area (Å²) in [5.74, 6) is 0.181. The van der Waals surface area contributed by atoms with Gasteiger partial charge in [-0.25, -0.2) is 0 Å². The summed E-state index contributed by atoms with van der Waals surface area (Å²) < 4.78 is 0. The zero-order chi connectivity index (χ0) is 10.7. The lowest BCUT2D eigenvalue weighted by Gasteiger charge is -2.22. The van der Waals surface area contributed by atoms with E-state index in [1.165, 1.54) is 5.56 Å². The maximum Gasteiger partial charge on any atom is 0.151 e. The van der Waals surface area contributed by atoms with Gasteiger partial charge in [0, 0.05) is 0 Å². The summed E-state index contributed by atoms with van der Waals surface area (Å²) in [4.78, 5) is 13.4. The number of hydrogen-bond acceptors (Lipinski definition) is 2. The number of rotatable bonds is 3. The highest BCUT2D eigenvalue weighted by Crippen LogP contribution is 2.19. The summed E-state index contributed by atoms with van der Waals surface area (Å²) >= 11 is 0. The summed E-state index contributed by atoms with van der Waals surface area (Å²) in [6.07, 6.45) is 0. The third kappa shape index (κ3) is 2.42. The Kier molecular flexibility index (Phi) is 3.42. The van der Waals surface area contributed by atoms with Crippen molar-refractivity contribution < 1.29 is 4.79 Å². The minimum Gasteiger partial charge on any atom is -0.298 e. The monoisotopic (exact) mass is 191 g/mol. The van der Waals surface area contributed by atoms with Gasteiger partial charge in [-0.1, -0.05) is 29.8 Å². The lowest BCUT2D eigenvalue weighted by Crippen LogP contribution is -2.25. The predicted molar refractivity (Wildman–Crippen MR) is 58.3 cm³/mol. The second-order valence-corrected chi connectivity index (χ2v) is 3.89. The van der Waals surface area contributed by atoms with Crippen molar-refractivity contribution in [3.05, 3.63) is 35.4 Å². The smallest absolute Gasteiger partial charge is 0.151 e. The molecule has 1 atom stereocenters. The van der Waals surface area contributed by atoms with Crippen LogP contribution in [0.25, 0.3) is 0 Å². The van der Waals surface area contributed by atoms with Crippen LogP contribution in [-0.2, 0) is 4.79 Å². The van der Waals surface area contributed by atoms with Gasteiger partial charge in [0.15, 0.2) is 5.78 Å². The van der Waals surface area contributed by atoms with Crippen LogP contribution >= 0.6 is 0 Å². The number of carbonyl (C=O) groups is 1. The zero-order valence-electron chi connectivity index (χ0n) is 9.24. The van der Waals surface area contributed by atoms with Crippen LogP contribution in [0.5, 0.6) is 0 Å². The van der Waals surface area contributed by atoms with Crippen LogP contribution in [0.4, 0.5) is 0 Å². The lowest BCUT2D eigenvalue weighted by molar-refractivity contribution is -0.121. The first kappa shape index (κ1) is 10.9. The van der Waals surface area contributed by atoms with Crippen LogP contribution in [0.3, 0.4) is 0 Å². The quantitative estimate of drug-likeness (QED) is 0.730. The van der Waals surface area contributed by atoms with Crippen LogP contribution in [-0.4, -0.2) is 24.8 Å². The standard InChI is InChI=1S/C12H17NO/c1-9-6-5-7-11(8-9)12(10(2)14)13(3)4/h5-8,12H,1-4H3. The number of nitrogens with zero attached hydrogens (tertiary/aromatic N) is 1. The molecular weight excluding hydrogens is 174 g/mol. The topological polar surface area (TPSA) is 20.3 Å². The molecule has 1 rings (SSSR count). The summed E-state index contributed by atoms with van der Waals surface area (Å²) in [5.41, 5.74) is 2.26. The van der Waals surface area contributed by atoms with Crippen molar-refractivity contribution in [3.8, 4) is 0 Å². The second kappa shape index (κ2) is 4.38.